The number of ketones is 1. The fraction of sp³-hybridized carbons (Fsp3) is 0.200. The number of rotatable bonds is 3. The van der Waals surface area contributed by atoms with Crippen LogP contribution in [0.15, 0.2) is 18.2 Å². The zero-order valence-electron chi connectivity index (χ0n) is 8.06. The van der Waals surface area contributed by atoms with E-state index in [1.807, 2.05) is 0 Å². The molecule has 0 N–H and O–H groups in total. The summed E-state index contributed by atoms with van der Waals surface area (Å²) in [7, 11) is 0. The molecule has 0 bridgehead atoms. The van der Waals surface area contributed by atoms with Gasteiger partial charge >= 0.3 is 0 Å². The zero-order chi connectivity index (χ0) is 11.4. The number of nitriles is 1. The van der Waals surface area contributed by atoms with Gasteiger partial charge in [-0.1, -0.05) is 12.1 Å². The van der Waals surface area contributed by atoms with Gasteiger partial charge < -0.3 is 0 Å². The molecule has 0 saturated carbocycles. The Labute approximate surface area is 86.1 Å². The lowest BCUT2D eigenvalue weighted by Crippen LogP contribution is -2.04. The topological polar surface area (TPSA) is 84.0 Å². The van der Waals surface area contributed by atoms with Crippen LogP contribution in [0.2, 0.25) is 0 Å². The largest absolute Gasteiger partial charge is 0.293 e. The fourth-order valence-electron chi connectivity index (χ4n) is 1.29. The molecule has 1 aromatic carbocycles. The third-order valence-electron chi connectivity index (χ3n) is 1.96. The maximum atomic E-state index is 11.4. The van der Waals surface area contributed by atoms with Crippen LogP contribution in [0.3, 0.4) is 0 Å². The quantitative estimate of drug-likeness (QED) is 0.428. The smallest absolute Gasteiger partial charge is 0.283 e. The van der Waals surface area contributed by atoms with Crippen LogP contribution in [0.4, 0.5) is 5.69 Å². The minimum absolute atomic E-state index is 0.00144. The molecule has 0 aliphatic heterocycles. The van der Waals surface area contributed by atoms with Crippen LogP contribution in [0, 0.1) is 28.4 Å². The first-order valence-corrected chi connectivity index (χ1v) is 4.22. The van der Waals surface area contributed by atoms with Crippen LogP contribution in [-0.2, 0) is 0 Å². The van der Waals surface area contributed by atoms with Gasteiger partial charge in [0.1, 0.15) is 0 Å². The van der Waals surface area contributed by atoms with E-state index in [4.69, 9.17) is 5.26 Å². The number of nitro groups is 1. The van der Waals surface area contributed by atoms with Crippen LogP contribution in [0.1, 0.15) is 22.3 Å². The molecule has 0 fully saturated rings. The summed E-state index contributed by atoms with van der Waals surface area (Å²) in [5, 5.41) is 19.1. The Hall–Kier alpha value is -2.22. The Balaban J connectivity index is 3.30. The van der Waals surface area contributed by atoms with E-state index in [0.29, 0.717) is 5.56 Å². The van der Waals surface area contributed by atoms with Gasteiger partial charge in [-0.15, -0.1) is 0 Å². The Morgan fingerprint density at radius 2 is 2.27 bits per heavy atom. The summed E-state index contributed by atoms with van der Waals surface area (Å²) in [5.74, 6) is -0.520. The number of hydrogen-bond donors (Lipinski definition) is 0. The molecular weight excluding hydrogens is 196 g/mol. The van der Waals surface area contributed by atoms with Gasteiger partial charge in [0.25, 0.3) is 5.69 Å². The molecule has 1 rings (SSSR count). The van der Waals surface area contributed by atoms with E-state index >= 15 is 0 Å². The monoisotopic (exact) mass is 204 g/mol. The second kappa shape index (κ2) is 4.33. The highest BCUT2D eigenvalue weighted by molar-refractivity contribution is 6.01. The van der Waals surface area contributed by atoms with Crippen molar-refractivity contribution in [3.8, 4) is 6.07 Å². The summed E-state index contributed by atoms with van der Waals surface area (Å²) in [4.78, 5) is 21.5. The maximum Gasteiger partial charge on any atom is 0.283 e. The molecule has 0 aliphatic rings. The predicted octanol–water partition coefficient (Wildman–Crippen LogP) is 2.00. The molecule has 0 saturated heterocycles. The SMILES string of the molecule is Cc1cccc(C(=O)CC#N)c1[N+](=O)[O-]. The summed E-state index contributed by atoms with van der Waals surface area (Å²) in [6.07, 6.45) is -0.343. The van der Waals surface area contributed by atoms with E-state index in [2.05, 4.69) is 0 Å². The van der Waals surface area contributed by atoms with Gasteiger partial charge in [0.15, 0.2) is 5.78 Å². The van der Waals surface area contributed by atoms with Crippen molar-refractivity contribution in [3.05, 3.63) is 39.4 Å². The van der Waals surface area contributed by atoms with Crippen molar-refractivity contribution in [3.63, 3.8) is 0 Å². The molecule has 0 aromatic heterocycles. The number of nitrogens with zero attached hydrogens (tertiary/aromatic N) is 2. The van der Waals surface area contributed by atoms with Crippen molar-refractivity contribution in [2.45, 2.75) is 13.3 Å². The van der Waals surface area contributed by atoms with Crippen molar-refractivity contribution in [1.29, 1.82) is 5.26 Å². The van der Waals surface area contributed by atoms with Gasteiger partial charge in [-0.05, 0) is 13.0 Å². The van der Waals surface area contributed by atoms with Gasteiger partial charge in [0.05, 0.1) is 23.0 Å². The second-order valence-corrected chi connectivity index (χ2v) is 2.99. The van der Waals surface area contributed by atoms with Crippen molar-refractivity contribution >= 4 is 11.5 Å². The molecule has 5 nitrogen and oxygen atoms in total. The second-order valence-electron chi connectivity index (χ2n) is 2.99. The lowest BCUT2D eigenvalue weighted by atomic mass is 10.0. The molecule has 76 valence electrons. The van der Waals surface area contributed by atoms with Crippen LogP contribution in [-0.4, -0.2) is 10.7 Å². The number of para-hydroxylation sites is 1. The Morgan fingerprint density at radius 3 is 2.80 bits per heavy atom. The number of carbonyl (C=O) groups is 1. The first-order chi connectivity index (χ1) is 7.07. The predicted molar refractivity (Wildman–Crippen MR) is 52.4 cm³/mol. The van der Waals surface area contributed by atoms with E-state index in [1.165, 1.54) is 6.07 Å². The number of carbonyl (C=O) groups excluding carboxylic acids is 1. The highest BCUT2D eigenvalue weighted by atomic mass is 16.6. The summed E-state index contributed by atoms with van der Waals surface area (Å²) < 4.78 is 0. The van der Waals surface area contributed by atoms with Gasteiger partial charge in [0, 0.05) is 5.56 Å². The standard InChI is InChI=1S/C10H8N2O3/c1-7-3-2-4-8(9(13)5-6-11)10(7)12(14)15/h2-4H,5H2,1H3. The number of hydrogen-bond acceptors (Lipinski definition) is 4. The van der Waals surface area contributed by atoms with Crippen molar-refractivity contribution in [2.24, 2.45) is 0 Å². The van der Waals surface area contributed by atoms with Crippen LogP contribution in [0.25, 0.3) is 0 Å². The highest BCUT2D eigenvalue weighted by Crippen LogP contribution is 2.23. The normalized spacial score (nSPS) is 9.33. The molecule has 15 heavy (non-hydrogen) atoms. The van der Waals surface area contributed by atoms with E-state index in [1.54, 1.807) is 25.1 Å². The van der Waals surface area contributed by atoms with Crippen LogP contribution >= 0.6 is 0 Å². The number of nitro benzene ring substituents is 1. The van der Waals surface area contributed by atoms with E-state index in [-0.39, 0.29) is 17.7 Å². The molecule has 0 heterocycles. The Morgan fingerprint density at radius 1 is 1.60 bits per heavy atom. The number of Topliss-reactive ketones (excluding diaryl/α,β-unsaturated/α-hetero) is 1. The Bertz CT molecular complexity index is 460. The number of benzene rings is 1. The maximum absolute atomic E-state index is 11.4. The van der Waals surface area contributed by atoms with Crippen molar-refractivity contribution in [2.75, 3.05) is 0 Å². The highest BCUT2D eigenvalue weighted by Gasteiger charge is 2.21. The minimum atomic E-state index is -0.597. The molecule has 0 spiro atoms. The van der Waals surface area contributed by atoms with Gasteiger partial charge in [-0.2, -0.15) is 5.26 Å². The Kier molecular flexibility index (Phi) is 3.13. The third kappa shape index (κ3) is 2.17. The molecular formula is C10H8N2O3. The minimum Gasteiger partial charge on any atom is -0.293 e. The molecule has 0 radical (unpaired) electrons. The third-order valence-corrected chi connectivity index (χ3v) is 1.96. The summed E-state index contributed by atoms with van der Waals surface area (Å²) >= 11 is 0. The lowest BCUT2D eigenvalue weighted by Gasteiger charge is -2.01. The summed E-state index contributed by atoms with van der Waals surface area (Å²) in [6, 6.07) is 6.16. The molecule has 0 unspecified atom stereocenters. The average Bonchev–Trinajstić information content (AvgIpc) is 2.17. The number of aryl methyl sites for hydroxylation is 1. The van der Waals surface area contributed by atoms with E-state index in [0.717, 1.165) is 0 Å². The van der Waals surface area contributed by atoms with Gasteiger partial charge in [-0.25, -0.2) is 0 Å². The van der Waals surface area contributed by atoms with Gasteiger partial charge in [0.2, 0.25) is 0 Å². The molecule has 0 amide bonds. The molecule has 0 aliphatic carbocycles. The summed E-state index contributed by atoms with van der Waals surface area (Å²) in [6.45, 7) is 1.56. The molecule has 0 atom stereocenters. The first-order valence-electron chi connectivity index (χ1n) is 4.22. The first kappa shape index (κ1) is 10.9. The van der Waals surface area contributed by atoms with E-state index < -0.39 is 10.7 Å². The zero-order valence-corrected chi connectivity index (χ0v) is 8.06. The molecule has 1 aromatic rings. The van der Waals surface area contributed by atoms with Crippen molar-refractivity contribution < 1.29 is 9.72 Å². The fourth-order valence-corrected chi connectivity index (χ4v) is 1.29. The average molecular weight is 204 g/mol. The molecule has 5 heteroatoms. The lowest BCUT2D eigenvalue weighted by molar-refractivity contribution is -0.385. The van der Waals surface area contributed by atoms with Crippen LogP contribution in [0.5, 0.6) is 0 Å². The van der Waals surface area contributed by atoms with Crippen LogP contribution < -0.4 is 0 Å². The van der Waals surface area contributed by atoms with Gasteiger partial charge in [-0.3, -0.25) is 14.9 Å². The van der Waals surface area contributed by atoms with Crippen molar-refractivity contribution in [1.82, 2.24) is 0 Å². The van der Waals surface area contributed by atoms with E-state index in [9.17, 15) is 14.9 Å². The summed E-state index contributed by atoms with van der Waals surface area (Å²) in [5.41, 5.74) is 0.211.